The zero-order chi connectivity index (χ0) is 23.8. The van der Waals surface area contributed by atoms with E-state index in [0.29, 0.717) is 12.3 Å². The summed E-state index contributed by atoms with van der Waals surface area (Å²) >= 11 is 0. The van der Waals surface area contributed by atoms with Crippen molar-refractivity contribution in [2.75, 3.05) is 6.61 Å². The molecule has 31 heavy (non-hydrogen) atoms. The molecule has 2 atom stereocenters. The highest BCUT2D eigenvalue weighted by atomic mass is 16.6. The van der Waals surface area contributed by atoms with Gasteiger partial charge < -0.3 is 14.8 Å². The van der Waals surface area contributed by atoms with Crippen LogP contribution < -0.4 is 5.32 Å². The van der Waals surface area contributed by atoms with Gasteiger partial charge in [-0.15, -0.1) is 0 Å². The molecule has 6 heteroatoms. The number of carbonyl (C=O) groups is 3. The van der Waals surface area contributed by atoms with E-state index in [1.807, 2.05) is 38.1 Å². The highest BCUT2D eigenvalue weighted by Gasteiger charge is 2.33. The van der Waals surface area contributed by atoms with Gasteiger partial charge in [-0.1, -0.05) is 52.0 Å². The van der Waals surface area contributed by atoms with Crippen LogP contribution in [-0.2, 0) is 30.3 Å². The third kappa shape index (κ3) is 9.53. The zero-order valence-corrected chi connectivity index (χ0v) is 20.3. The van der Waals surface area contributed by atoms with Gasteiger partial charge in [0.05, 0.1) is 6.61 Å². The first-order valence-electron chi connectivity index (χ1n) is 11.1. The third-order valence-corrected chi connectivity index (χ3v) is 4.69. The summed E-state index contributed by atoms with van der Waals surface area (Å²) in [5.74, 6) is -2.12. The van der Waals surface area contributed by atoms with Gasteiger partial charge >= 0.3 is 11.9 Å². The summed E-state index contributed by atoms with van der Waals surface area (Å²) in [7, 11) is 0. The average molecular weight is 434 g/mol. The Kier molecular flexibility index (Phi) is 10.2. The molecule has 1 amide bonds. The van der Waals surface area contributed by atoms with Crippen molar-refractivity contribution in [3.8, 4) is 0 Å². The Labute approximate surface area is 187 Å². The van der Waals surface area contributed by atoms with Crippen LogP contribution in [0.2, 0.25) is 0 Å². The van der Waals surface area contributed by atoms with E-state index >= 15 is 0 Å². The first kappa shape index (κ1) is 26.7. The highest BCUT2D eigenvalue weighted by Crippen LogP contribution is 2.19. The molecule has 0 saturated heterocycles. The van der Waals surface area contributed by atoms with E-state index in [9.17, 15) is 14.4 Å². The van der Waals surface area contributed by atoms with Crippen LogP contribution in [0.15, 0.2) is 24.3 Å². The fourth-order valence-corrected chi connectivity index (χ4v) is 3.13. The molecular formula is C25H39NO5. The monoisotopic (exact) mass is 433 g/mol. The second kappa shape index (κ2) is 11.9. The minimum absolute atomic E-state index is 0.155. The minimum Gasteiger partial charge on any atom is -0.465 e. The van der Waals surface area contributed by atoms with Gasteiger partial charge in [-0.3, -0.25) is 9.59 Å². The number of benzene rings is 1. The lowest BCUT2D eigenvalue weighted by atomic mass is 9.94. The summed E-state index contributed by atoms with van der Waals surface area (Å²) in [4.78, 5) is 38.3. The number of nitrogens with one attached hydrogen (secondary N) is 1. The second-order valence-corrected chi connectivity index (χ2v) is 9.63. The molecule has 1 unspecified atom stereocenters. The average Bonchev–Trinajstić information content (AvgIpc) is 2.64. The van der Waals surface area contributed by atoms with Crippen LogP contribution in [-0.4, -0.2) is 36.1 Å². The van der Waals surface area contributed by atoms with Crippen molar-refractivity contribution in [3.63, 3.8) is 0 Å². The van der Waals surface area contributed by atoms with Crippen LogP contribution in [0.4, 0.5) is 0 Å². The minimum atomic E-state index is -1.04. The van der Waals surface area contributed by atoms with Crippen molar-refractivity contribution in [1.82, 2.24) is 5.32 Å². The molecule has 0 bridgehead atoms. The van der Waals surface area contributed by atoms with Gasteiger partial charge in [-0.2, -0.15) is 0 Å². The van der Waals surface area contributed by atoms with Gasteiger partial charge in [0.2, 0.25) is 5.91 Å². The SMILES string of the molecule is CCOC(=O)C(Cc1ccc(C(C)C)cc1)C(=O)N[C@@H](CC(C)C)C(=O)OC(C)(C)C. The molecule has 6 nitrogen and oxygen atoms in total. The Morgan fingerprint density at radius 2 is 1.55 bits per heavy atom. The van der Waals surface area contributed by atoms with Gasteiger partial charge in [0.1, 0.15) is 17.6 Å². The lowest BCUT2D eigenvalue weighted by Gasteiger charge is -2.26. The zero-order valence-electron chi connectivity index (χ0n) is 20.3. The molecule has 0 aliphatic rings. The Morgan fingerprint density at radius 3 is 2.00 bits per heavy atom. The molecular weight excluding hydrogens is 394 g/mol. The van der Waals surface area contributed by atoms with Crippen LogP contribution in [0.1, 0.15) is 78.9 Å². The van der Waals surface area contributed by atoms with Crippen LogP contribution in [0.3, 0.4) is 0 Å². The lowest BCUT2D eigenvalue weighted by Crippen LogP contribution is -2.48. The molecule has 0 fully saturated rings. The van der Waals surface area contributed by atoms with E-state index < -0.39 is 35.4 Å². The molecule has 0 aliphatic heterocycles. The number of esters is 2. The van der Waals surface area contributed by atoms with E-state index in [-0.39, 0.29) is 18.9 Å². The largest absolute Gasteiger partial charge is 0.465 e. The van der Waals surface area contributed by atoms with Crippen LogP contribution >= 0.6 is 0 Å². The maximum atomic E-state index is 13.1. The summed E-state index contributed by atoms with van der Waals surface area (Å²) in [6, 6.07) is 7.03. The lowest BCUT2D eigenvalue weighted by molar-refractivity contribution is -0.161. The Hall–Kier alpha value is -2.37. The molecule has 0 spiro atoms. The van der Waals surface area contributed by atoms with Crippen molar-refractivity contribution in [3.05, 3.63) is 35.4 Å². The number of hydrogen-bond acceptors (Lipinski definition) is 5. The Bertz CT molecular complexity index is 731. The first-order valence-corrected chi connectivity index (χ1v) is 11.1. The van der Waals surface area contributed by atoms with Crippen LogP contribution in [0.25, 0.3) is 0 Å². The summed E-state index contributed by atoms with van der Waals surface area (Å²) in [6.07, 6.45) is 0.616. The topological polar surface area (TPSA) is 81.7 Å². The molecule has 0 saturated carbocycles. The van der Waals surface area contributed by atoms with Crippen molar-refractivity contribution < 1.29 is 23.9 Å². The molecule has 1 N–H and O–H groups in total. The first-order chi connectivity index (χ1) is 14.3. The fourth-order valence-electron chi connectivity index (χ4n) is 3.13. The Morgan fingerprint density at radius 1 is 0.968 bits per heavy atom. The Balaban J connectivity index is 3.05. The molecule has 174 valence electrons. The van der Waals surface area contributed by atoms with E-state index in [4.69, 9.17) is 9.47 Å². The van der Waals surface area contributed by atoms with Crippen LogP contribution in [0.5, 0.6) is 0 Å². The number of carbonyl (C=O) groups excluding carboxylic acids is 3. The summed E-state index contributed by atoms with van der Waals surface area (Å²) in [6.45, 7) is 15.4. The molecule has 0 heterocycles. The van der Waals surface area contributed by atoms with Gasteiger partial charge in [0.25, 0.3) is 0 Å². The third-order valence-electron chi connectivity index (χ3n) is 4.69. The maximum Gasteiger partial charge on any atom is 0.329 e. The molecule has 1 aromatic rings. The van der Waals surface area contributed by atoms with Gasteiger partial charge in [-0.25, -0.2) is 4.79 Å². The van der Waals surface area contributed by atoms with Crippen molar-refractivity contribution in [1.29, 1.82) is 0 Å². The van der Waals surface area contributed by atoms with Gasteiger partial charge in [0.15, 0.2) is 0 Å². The molecule has 1 aromatic carbocycles. The summed E-state index contributed by atoms with van der Waals surface area (Å²) in [5, 5.41) is 2.75. The summed E-state index contributed by atoms with van der Waals surface area (Å²) < 4.78 is 10.6. The van der Waals surface area contributed by atoms with Gasteiger partial charge in [-0.05, 0) is 63.5 Å². The number of hydrogen-bond donors (Lipinski definition) is 1. The van der Waals surface area contributed by atoms with E-state index in [2.05, 4.69) is 19.2 Å². The summed E-state index contributed by atoms with van der Waals surface area (Å²) in [5.41, 5.74) is 1.37. The molecule has 0 radical (unpaired) electrons. The number of ether oxygens (including phenoxy) is 2. The van der Waals surface area contributed by atoms with Crippen molar-refractivity contribution >= 4 is 17.8 Å². The predicted molar refractivity (Wildman–Crippen MR) is 122 cm³/mol. The van der Waals surface area contributed by atoms with Crippen LogP contribution in [0, 0.1) is 11.8 Å². The quantitative estimate of drug-likeness (QED) is 0.437. The van der Waals surface area contributed by atoms with E-state index in [0.717, 1.165) is 5.56 Å². The van der Waals surface area contributed by atoms with E-state index in [1.54, 1.807) is 27.7 Å². The second-order valence-electron chi connectivity index (χ2n) is 9.63. The fraction of sp³-hybridized carbons (Fsp3) is 0.640. The maximum absolute atomic E-state index is 13.1. The van der Waals surface area contributed by atoms with Crippen molar-refractivity contribution in [2.24, 2.45) is 11.8 Å². The number of rotatable bonds is 10. The normalized spacial score (nSPS) is 13.6. The standard InChI is InChI=1S/C25H39NO5/c1-9-30-23(28)20(15-18-10-12-19(13-11-18)17(4)5)22(27)26-21(14-16(2)3)24(29)31-25(6,7)8/h10-13,16-17,20-21H,9,14-15H2,1-8H3,(H,26,27)/t20?,21-/m0/s1. The molecule has 0 aromatic heterocycles. The van der Waals surface area contributed by atoms with E-state index in [1.165, 1.54) is 5.56 Å². The van der Waals surface area contributed by atoms with Crippen molar-refractivity contribution in [2.45, 2.75) is 85.8 Å². The molecule has 0 aliphatic carbocycles. The highest BCUT2D eigenvalue weighted by molar-refractivity contribution is 5.99. The predicted octanol–water partition coefficient (Wildman–Crippen LogP) is 4.40. The smallest absolute Gasteiger partial charge is 0.329 e. The molecule has 1 rings (SSSR count). The van der Waals surface area contributed by atoms with Gasteiger partial charge in [0, 0.05) is 0 Å². The number of amides is 1.